The second kappa shape index (κ2) is 3.38. The summed E-state index contributed by atoms with van der Waals surface area (Å²) in [6, 6.07) is 6.96. The van der Waals surface area contributed by atoms with Crippen molar-refractivity contribution < 1.29 is 13.6 Å². The number of halogens is 2. The fourth-order valence-electron chi connectivity index (χ4n) is 1.49. The van der Waals surface area contributed by atoms with Crippen molar-refractivity contribution in [2.45, 2.75) is 6.42 Å². The first kappa shape index (κ1) is 9.15. The third-order valence-corrected chi connectivity index (χ3v) is 2.14. The molecule has 0 fully saturated rings. The summed E-state index contributed by atoms with van der Waals surface area (Å²) < 4.78 is 26.3. The minimum Gasteiger partial charge on any atom is -0.270 e. The Balaban J connectivity index is 2.51. The molecule has 74 valence electrons. The summed E-state index contributed by atoms with van der Waals surface area (Å²) in [5, 5.41) is 0.855. The number of rotatable bonds is 1. The zero-order valence-electron chi connectivity index (χ0n) is 7.63. The lowest BCUT2D eigenvalue weighted by atomic mass is 10.1. The van der Waals surface area contributed by atoms with E-state index in [0.717, 1.165) is 5.06 Å². The van der Waals surface area contributed by atoms with Gasteiger partial charge in [-0.3, -0.25) is 4.84 Å². The van der Waals surface area contributed by atoms with E-state index in [2.05, 4.69) is 0 Å². The van der Waals surface area contributed by atoms with Gasteiger partial charge in [-0.15, -0.1) is 0 Å². The highest BCUT2D eigenvalue weighted by atomic mass is 19.2. The number of fused-ring (bicyclic) bond motifs is 1. The van der Waals surface area contributed by atoms with E-state index in [1.165, 1.54) is 7.11 Å². The van der Waals surface area contributed by atoms with E-state index in [0.29, 0.717) is 11.3 Å². The van der Waals surface area contributed by atoms with Gasteiger partial charge in [0.2, 0.25) is 5.95 Å². The molecule has 1 aliphatic heterocycles. The van der Waals surface area contributed by atoms with Crippen molar-refractivity contribution in [3.8, 4) is 0 Å². The molecule has 14 heavy (non-hydrogen) atoms. The Kier molecular flexibility index (Phi) is 2.21. The molecule has 1 heterocycles. The summed E-state index contributed by atoms with van der Waals surface area (Å²) in [6.45, 7) is 0. The van der Waals surface area contributed by atoms with Crippen molar-refractivity contribution in [2.24, 2.45) is 0 Å². The van der Waals surface area contributed by atoms with E-state index in [1.54, 1.807) is 24.3 Å². The Morgan fingerprint density at radius 3 is 2.71 bits per heavy atom. The van der Waals surface area contributed by atoms with Gasteiger partial charge in [0.15, 0.2) is 5.83 Å². The lowest BCUT2D eigenvalue weighted by Gasteiger charge is -2.26. The zero-order valence-corrected chi connectivity index (χ0v) is 7.63. The monoisotopic (exact) mass is 197 g/mol. The van der Waals surface area contributed by atoms with Crippen molar-refractivity contribution >= 4 is 5.69 Å². The number of hydroxylamine groups is 1. The Morgan fingerprint density at radius 1 is 1.29 bits per heavy atom. The van der Waals surface area contributed by atoms with Crippen LogP contribution in [0.25, 0.3) is 0 Å². The van der Waals surface area contributed by atoms with Gasteiger partial charge in [-0.2, -0.15) is 9.45 Å². The van der Waals surface area contributed by atoms with Crippen LogP contribution in [0.5, 0.6) is 0 Å². The lowest BCUT2D eigenvalue weighted by molar-refractivity contribution is 0.161. The lowest BCUT2D eigenvalue weighted by Crippen LogP contribution is -2.24. The van der Waals surface area contributed by atoms with Gasteiger partial charge in [-0.05, 0) is 11.6 Å². The van der Waals surface area contributed by atoms with E-state index in [-0.39, 0.29) is 6.42 Å². The molecule has 0 radical (unpaired) electrons. The van der Waals surface area contributed by atoms with Crippen LogP contribution in [-0.2, 0) is 11.3 Å². The van der Waals surface area contributed by atoms with Crippen LogP contribution < -0.4 is 5.06 Å². The van der Waals surface area contributed by atoms with Crippen molar-refractivity contribution in [1.29, 1.82) is 0 Å². The van der Waals surface area contributed by atoms with E-state index in [9.17, 15) is 8.78 Å². The highest BCUT2D eigenvalue weighted by molar-refractivity contribution is 5.58. The largest absolute Gasteiger partial charge is 0.270 e. The molecule has 4 heteroatoms. The predicted octanol–water partition coefficient (Wildman–Crippen LogP) is 2.72. The number of anilines is 1. The molecule has 2 nitrogen and oxygen atoms in total. The quantitative estimate of drug-likeness (QED) is 0.642. The number of para-hydroxylation sites is 1. The minimum atomic E-state index is -0.966. The van der Waals surface area contributed by atoms with Gasteiger partial charge in [-0.1, -0.05) is 18.2 Å². The summed E-state index contributed by atoms with van der Waals surface area (Å²) >= 11 is 0. The smallest absolute Gasteiger partial charge is 0.250 e. The van der Waals surface area contributed by atoms with Gasteiger partial charge in [0.25, 0.3) is 0 Å². The molecule has 0 bridgehead atoms. The Morgan fingerprint density at radius 2 is 2.00 bits per heavy atom. The van der Waals surface area contributed by atoms with E-state index >= 15 is 0 Å². The SMILES string of the molecule is CON1C(F)=C(F)Cc2ccccc21. The third kappa shape index (κ3) is 1.28. The highest BCUT2D eigenvalue weighted by Crippen LogP contribution is 2.33. The molecule has 0 atom stereocenters. The topological polar surface area (TPSA) is 12.5 Å². The standard InChI is InChI=1S/C10H9F2NO/c1-14-13-9-5-3-2-4-7(9)6-8(11)10(13)12/h2-5H,6H2,1H3. The molecule has 2 rings (SSSR count). The summed E-state index contributed by atoms with van der Waals surface area (Å²) in [4.78, 5) is 4.76. The maximum Gasteiger partial charge on any atom is 0.250 e. The van der Waals surface area contributed by atoms with Crippen LogP contribution in [0.4, 0.5) is 14.5 Å². The molecule has 1 aromatic rings. The van der Waals surface area contributed by atoms with Crippen molar-refractivity contribution in [2.75, 3.05) is 12.2 Å². The first-order valence-electron chi connectivity index (χ1n) is 4.20. The van der Waals surface area contributed by atoms with Gasteiger partial charge < -0.3 is 0 Å². The van der Waals surface area contributed by atoms with Crippen LogP contribution in [0, 0.1) is 0 Å². The van der Waals surface area contributed by atoms with Crippen LogP contribution in [0.1, 0.15) is 5.56 Å². The number of hydrogen-bond acceptors (Lipinski definition) is 2. The van der Waals surface area contributed by atoms with Crippen LogP contribution >= 0.6 is 0 Å². The molecule has 1 aromatic carbocycles. The molecule has 0 spiro atoms. The first-order valence-corrected chi connectivity index (χ1v) is 4.20. The van der Waals surface area contributed by atoms with Gasteiger partial charge in [0, 0.05) is 6.42 Å². The molecule has 0 unspecified atom stereocenters. The molecule has 0 aliphatic carbocycles. The summed E-state index contributed by atoms with van der Waals surface area (Å²) in [5.41, 5.74) is 1.27. The number of nitrogens with zero attached hydrogens (tertiary/aromatic N) is 1. The number of allylic oxidation sites excluding steroid dienone is 1. The zero-order chi connectivity index (χ0) is 10.1. The summed E-state index contributed by atoms with van der Waals surface area (Å²) in [6.07, 6.45) is -0.0120. The van der Waals surface area contributed by atoms with Gasteiger partial charge >= 0.3 is 0 Å². The van der Waals surface area contributed by atoms with Crippen molar-refractivity contribution in [3.63, 3.8) is 0 Å². The van der Waals surface area contributed by atoms with Gasteiger partial charge in [-0.25, -0.2) is 4.39 Å². The van der Waals surface area contributed by atoms with Crippen LogP contribution in [0.3, 0.4) is 0 Å². The fraction of sp³-hybridized carbons (Fsp3) is 0.200. The van der Waals surface area contributed by atoms with E-state index in [4.69, 9.17) is 4.84 Å². The average molecular weight is 197 g/mol. The number of hydrogen-bond donors (Lipinski definition) is 0. The molecular weight excluding hydrogens is 188 g/mol. The fourth-order valence-corrected chi connectivity index (χ4v) is 1.49. The minimum absolute atomic E-state index is 0.0120. The predicted molar refractivity (Wildman–Crippen MR) is 48.9 cm³/mol. The van der Waals surface area contributed by atoms with Crippen molar-refractivity contribution in [1.82, 2.24) is 0 Å². The van der Waals surface area contributed by atoms with E-state index < -0.39 is 11.8 Å². The molecule has 0 amide bonds. The van der Waals surface area contributed by atoms with Crippen molar-refractivity contribution in [3.05, 3.63) is 41.6 Å². The van der Waals surface area contributed by atoms with Crippen LogP contribution in [0.15, 0.2) is 36.0 Å². The molecule has 0 N–H and O–H groups in total. The number of benzene rings is 1. The maximum absolute atomic E-state index is 13.2. The molecule has 0 saturated carbocycles. The normalized spacial score (nSPS) is 15.8. The summed E-state index contributed by atoms with van der Waals surface area (Å²) in [7, 11) is 1.30. The second-order valence-corrected chi connectivity index (χ2v) is 2.98. The highest BCUT2D eigenvalue weighted by Gasteiger charge is 2.25. The Hall–Kier alpha value is -1.42. The first-order chi connectivity index (χ1) is 6.74. The summed E-state index contributed by atoms with van der Waals surface area (Å²) in [5.74, 6) is -1.77. The average Bonchev–Trinajstić information content (AvgIpc) is 2.20. The molecular formula is C10H9F2NO. The second-order valence-electron chi connectivity index (χ2n) is 2.98. The molecule has 0 saturated heterocycles. The maximum atomic E-state index is 13.2. The van der Waals surface area contributed by atoms with Crippen LogP contribution in [-0.4, -0.2) is 7.11 Å². The van der Waals surface area contributed by atoms with Gasteiger partial charge in [0.1, 0.15) is 0 Å². The molecule has 1 aliphatic rings. The van der Waals surface area contributed by atoms with E-state index in [1.807, 2.05) is 0 Å². The molecule has 0 aromatic heterocycles. The Labute approximate surface area is 80.4 Å². The Bertz CT molecular complexity index is 389. The van der Waals surface area contributed by atoms with Crippen LogP contribution in [0.2, 0.25) is 0 Å². The van der Waals surface area contributed by atoms with Gasteiger partial charge in [0.05, 0.1) is 12.8 Å². The third-order valence-electron chi connectivity index (χ3n) is 2.14.